The fraction of sp³-hybridized carbons (Fsp3) is 0.211. The van der Waals surface area contributed by atoms with Crippen LogP contribution in [-0.4, -0.2) is 37.5 Å². The van der Waals surface area contributed by atoms with E-state index in [9.17, 15) is 13.6 Å². The van der Waals surface area contributed by atoms with Crippen LogP contribution >= 0.6 is 0 Å². The van der Waals surface area contributed by atoms with Gasteiger partial charge in [0.25, 0.3) is 5.89 Å². The van der Waals surface area contributed by atoms with Crippen LogP contribution in [-0.2, 0) is 11.3 Å². The molecule has 0 radical (unpaired) electrons. The molecule has 8 nitrogen and oxygen atoms in total. The van der Waals surface area contributed by atoms with E-state index in [1.54, 1.807) is 12.1 Å². The summed E-state index contributed by atoms with van der Waals surface area (Å²) >= 11 is 0. The fourth-order valence-electron chi connectivity index (χ4n) is 2.53. The fourth-order valence-corrected chi connectivity index (χ4v) is 2.53. The third-order valence-electron chi connectivity index (χ3n) is 3.87. The lowest BCUT2D eigenvalue weighted by molar-refractivity contribution is 0.0427. The van der Waals surface area contributed by atoms with Crippen molar-refractivity contribution < 1.29 is 36.9 Å². The zero-order chi connectivity index (χ0) is 21.0. The van der Waals surface area contributed by atoms with Gasteiger partial charge in [0.15, 0.2) is 18.1 Å². The number of hydrogen-bond donors (Lipinski definition) is 0. The van der Waals surface area contributed by atoms with Crippen molar-refractivity contribution in [2.75, 3.05) is 21.3 Å². The number of methoxy groups -OCH3 is 3. The van der Waals surface area contributed by atoms with E-state index in [0.29, 0.717) is 22.8 Å². The third-order valence-corrected chi connectivity index (χ3v) is 3.87. The van der Waals surface area contributed by atoms with Crippen molar-refractivity contribution in [2.24, 2.45) is 0 Å². The minimum absolute atomic E-state index is 0.0705. The molecule has 0 N–H and O–H groups in total. The monoisotopic (exact) mass is 406 g/mol. The van der Waals surface area contributed by atoms with Crippen molar-refractivity contribution in [1.29, 1.82) is 0 Å². The normalized spacial score (nSPS) is 10.5. The van der Waals surface area contributed by atoms with E-state index in [1.165, 1.54) is 21.3 Å². The van der Waals surface area contributed by atoms with Gasteiger partial charge in [-0.1, -0.05) is 6.07 Å². The Morgan fingerprint density at radius 2 is 1.62 bits per heavy atom. The summed E-state index contributed by atoms with van der Waals surface area (Å²) in [6.07, 6.45) is 0. The molecular formula is C19H16F2N2O6. The summed E-state index contributed by atoms with van der Waals surface area (Å²) in [4.78, 5) is 11.9. The molecule has 0 atom stereocenters. The van der Waals surface area contributed by atoms with Gasteiger partial charge in [0.1, 0.15) is 17.2 Å². The quantitative estimate of drug-likeness (QED) is 0.551. The molecule has 3 rings (SSSR count). The van der Waals surface area contributed by atoms with Crippen molar-refractivity contribution in [3.05, 3.63) is 53.4 Å². The lowest BCUT2D eigenvalue weighted by Gasteiger charge is -2.12. The van der Waals surface area contributed by atoms with Crippen LogP contribution < -0.4 is 14.2 Å². The predicted octanol–water partition coefficient (Wildman–Crippen LogP) is 3.40. The van der Waals surface area contributed by atoms with Gasteiger partial charge in [-0.2, -0.15) is 0 Å². The highest BCUT2D eigenvalue weighted by Gasteiger charge is 2.21. The second kappa shape index (κ2) is 8.55. The molecule has 0 saturated heterocycles. The van der Waals surface area contributed by atoms with E-state index in [0.717, 1.165) is 18.2 Å². The molecule has 0 aliphatic carbocycles. The van der Waals surface area contributed by atoms with Gasteiger partial charge >= 0.3 is 5.97 Å². The number of carbonyl (C=O) groups excluding carboxylic acids is 1. The molecule has 29 heavy (non-hydrogen) atoms. The highest BCUT2D eigenvalue weighted by Crippen LogP contribution is 2.40. The van der Waals surface area contributed by atoms with Crippen molar-refractivity contribution >= 4 is 5.97 Å². The summed E-state index contributed by atoms with van der Waals surface area (Å²) in [6, 6.07) is 6.24. The second-order valence-corrected chi connectivity index (χ2v) is 5.59. The van der Waals surface area contributed by atoms with Crippen LogP contribution in [0, 0.1) is 11.6 Å². The first kappa shape index (κ1) is 20.1. The molecule has 0 unspecified atom stereocenters. The van der Waals surface area contributed by atoms with Gasteiger partial charge in [0, 0.05) is 5.56 Å². The summed E-state index contributed by atoms with van der Waals surface area (Å²) in [5, 5.41) is 7.63. The van der Waals surface area contributed by atoms with Gasteiger partial charge in [0.05, 0.1) is 21.3 Å². The Hall–Kier alpha value is -3.69. The largest absolute Gasteiger partial charge is 0.493 e. The maximum atomic E-state index is 13.6. The number of esters is 1. The van der Waals surface area contributed by atoms with Crippen LogP contribution in [0.25, 0.3) is 11.5 Å². The van der Waals surface area contributed by atoms with Crippen LogP contribution in [0.15, 0.2) is 34.7 Å². The summed E-state index contributed by atoms with van der Waals surface area (Å²) < 4.78 is 53.3. The maximum Gasteiger partial charge on any atom is 0.344 e. The van der Waals surface area contributed by atoms with E-state index in [1.807, 2.05) is 0 Å². The number of nitrogens with zero attached hydrogens (tertiary/aromatic N) is 2. The summed E-state index contributed by atoms with van der Waals surface area (Å²) in [5.41, 5.74) is -0.332. The standard InChI is InChI=1S/C19H16F2N2O6/c1-25-13-7-10(8-14(26-2)17(13)27-3)18-23-22-15(29-18)9-28-19(24)16-11(20)5-4-6-12(16)21/h4-8H,9H2,1-3H3. The van der Waals surface area contributed by atoms with Gasteiger partial charge < -0.3 is 23.4 Å². The van der Waals surface area contributed by atoms with Crippen molar-refractivity contribution in [3.63, 3.8) is 0 Å². The minimum atomic E-state index is -1.19. The number of aromatic nitrogens is 2. The second-order valence-electron chi connectivity index (χ2n) is 5.59. The summed E-state index contributed by atoms with van der Waals surface area (Å²) in [6.45, 7) is -0.468. The van der Waals surface area contributed by atoms with Crippen molar-refractivity contribution in [2.45, 2.75) is 6.61 Å². The number of benzene rings is 2. The van der Waals surface area contributed by atoms with E-state index in [2.05, 4.69) is 10.2 Å². The zero-order valence-corrected chi connectivity index (χ0v) is 15.7. The first-order chi connectivity index (χ1) is 14.0. The Morgan fingerprint density at radius 3 is 2.17 bits per heavy atom. The van der Waals surface area contributed by atoms with E-state index in [-0.39, 0.29) is 11.8 Å². The molecule has 0 spiro atoms. The average molecular weight is 406 g/mol. The summed E-state index contributed by atoms with van der Waals surface area (Å²) in [7, 11) is 4.39. The Kier molecular flexibility index (Phi) is 5.91. The van der Waals surface area contributed by atoms with E-state index >= 15 is 0 Å². The third kappa shape index (κ3) is 4.10. The SMILES string of the molecule is COc1cc(-c2nnc(COC(=O)c3c(F)cccc3F)o2)cc(OC)c1OC. The Labute approximate surface area is 164 Å². The molecule has 0 bridgehead atoms. The first-order valence-corrected chi connectivity index (χ1v) is 8.22. The smallest absolute Gasteiger partial charge is 0.344 e. The van der Waals surface area contributed by atoms with E-state index in [4.69, 9.17) is 23.4 Å². The molecule has 0 aliphatic rings. The molecule has 2 aromatic carbocycles. The molecule has 152 valence electrons. The van der Waals surface area contributed by atoms with Gasteiger partial charge in [0.2, 0.25) is 11.6 Å². The molecule has 10 heteroatoms. The molecular weight excluding hydrogens is 390 g/mol. The molecule has 0 fully saturated rings. The van der Waals surface area contributed by atoms with Crippen LogP contribution in [0.3, 0.4) is 0 Å². The number of carbonyl (C=O) groups is 1. The zero-order valence-electron chi connectivity index (χ0n) is 15.7. The predicted molar refractivity (Wildman–Crippen MR) is 94.9 cm³/mol. The topological polar surface area (TPSA) is 92.9 Å². The molecule has 0 amide bonds. The molecule has 3 aromatic rings. The van der Waals surface area contributed by atoms with Gasteiger partial charge in [-0.05, 0) is 24.3 Å². The lowest BCUT2D eigenvalue weighted by Crippen LogP contribution is -2.10. The average Bonchev–Trinajstić information content (AvgIpc) is 3.20. The first-order valence-electron chi connectivity index (χ1n) is 8.22. The minimum Gasteiger partial charge on any atom is -0.493 e. The highest BCUT2D eigenvalue weighted by atomic mass is 19.1. The van der Waals surface area contributed by atoms with Crippen LogP contribution in [0.1, 0.15) is 16.2 Å². The van der Waals surface area contributed by atoms with Crippen molar-refractivity contribution in [1.82, 2.24) is 10.2 Å². The Balaban J connectivity index is 1.79. The molecule has 0 aliphatic heterocycles. The van der Waals surface area contributed by atoms with E-state index < -0.39 is 29.8 Å². The number of ether oxygens (including phenoxy) is 4. The van der Waals surface area contributed by atoms with Gasteiger partial charge in [-0.25, -0.2) is 13.6 Å². The summed E-state index contributed by atoms with van der Waals surface area (Å²) in [5.74, 6) is -2.08. The molecule has 1 aromatic heterocycles. The van der Waals surface area contributed by atoms with Gasteiger partial charge in [-0.3, -0.25) is 0 Å². The Morgan fingerprint density at radius 1 is 1.00 bits per heavy atom. The lowest BCUT2D eigenvalue weighted by atomic mass is 10.2. The molecule has 1 heterocycles. The van der Waals surface area contributed by atoms with Gasteiger partial charge in [-0.15, -0.1) is 10.2 Å². The van der Waals surface area contributed by atoms with Crippen LogP contribution in [0.4, 0.5) is 8.78 Å². The van der Waals surface area contributed by atoms with Crippen LogP contribution in [0.2, 0.25) is 0 Å². The Bertz CT molecular complexity index is 992. The number of halogens is 2. The number of hydrogen-bond acceptors (Lipinski definition) is 8. The highest BCUT2D eigenvalue weighted by molar-refractivity contribution is 5.89. The number of rotatable bonds is 7. The maximum absolute atomic E-state index is 13.6. The molecule has 0 saturated carbocycles. The van der Waals surface area contributed by atoms with Crippen molar-refractivity contribution in [3.8, 4) is 28.7 Å². The van der Waals surface area contributed by atoms with Crippen LogP contribution in [0.5, 0.6) is 17.2 Å².